The molecule has 3 aromatic heterocycles. The Labute approximate surface area is 276 Å². The molecule has 10 rings (SSSR count). The van der Waals surface area contributed by atoms with E-state index in [1.807, 2.05) is 23.6 Å². The van der Waals surface area contributed by atoms with Crippen molar-refractivity contribution in [3.63, 3.8) is 0 Å². The Hall–Kier alpha value is -5.58. The van der Waals surface area contributed by atoms with Gasteiger partial charge in [-0.05, 0) is 69.8 Å². The van der Waals surface area contributed by atoms with Crippen LogP contribution in [0.5, 0.6) is 0 Å². The predicted octanol–water partition coefficient (Wildman–Crippen LogP) is 11.6. The van der Waals surface area contributed by atoms with Crippen molar-refractivity contribution in [3.8, 4) is 39.5 Å². The van der Waals surface area contributed by atoms with Crippen LogP contribution in [0.15, 0.2) is 140 Å². The standard InChI is InChI=1S/C43H29N3S/c1-43(2)35-18-6-3-13-29(35)33-25-39-34(24-36(33)43)30-14-4-7-19-38(30)46(39)42-44-22-21-37(45-42)27-12-9-11-26(23-27)28-16-10-17-32-31-15-5-8-20-40(31)47-41(28)32/h3-25H,1-2H3. The van der Waals surface area contributed by atoms with Crippen molar-refractivity contribution in [1.29, 1.82) is 0 Å². The highest BCUT2D eigenvalue weighted by atomic mass is 32.1. The van der Waals surface area contributed by atoms with Gasteiger partial charge in [-0.15, -0.1) is 11.3 Å². The second kappa shape index (κ2) is 9.71. The molecule has 1 aliphatic rings. The molecule has 0 N–H and O–H groups in total. The van der Waals surface area contributed by atoms with Gasteiger partial charge in [-0.3, -0.25) is 4.57 Å². The van der Waals surface area contributed by atoms with Crippen LogP contribution < -0.4 is 0 Å². The van der Waals surface area contributed by atoms with Crippen molar-refractivity contribution in [1.82, 2.24) is 14.5 Å². The summed E-state index contributed by atoms with van der Waals surface area (Å²) in [5, 5.41) is 5.06. The van der Waals surface area contributed by atoms with Gasteiger partial charge in [0.05, 0.1) is 16.7 Å². The summed E-state index contributed by atoms with van der Waals surface area (Å²) in [6, 6.07) is 48.3. The molecule has 222 valence electrons. The summed E-state index contributed by atoms with van der Waals surface area (Å²) in [5.74, 6) is 0.677. The topological polar surface area (TPSA) is 30.7 Å². The van der Waals surface area contributed by atoms with E-state index in [2.05, 4.69) is 146 Å². The van der Waals surface area contributed by atoms with Crippen molar-refractivity contribution >= 4 is 53.3 Å². The van der Waals surface area contributed by atoms with Crippen LogP contribution >= 0.6 is 11.3 Å². The number of nitrogens with zero attached hydrogens (tertiary/aromatic N) is 3. The molecule has 0 atom stereocenters. The number of aromatic nitrogens is 3. The average Bonchev–Trinajstić information content (AvgIpc) is 3.73. The van der Waals surface area contributed by atoms with E-state index in [1.54, 1.807) is 0 Å². The van der Waals surface area contributed by atoms with Gasteiger partial charge in [0.2, 0.25) is 5.95 Å². The molecule has 0 aliphatic heterocycles. The van der Waals surface area contributed by atoms with E-state index >= 15 is 0 Å². The highest BCUT2D eigenvalue weighted by Gasteiger charge is 2.36. The molecule has 0 radical (unpaired) electrons. The largest absolute Gasteiger partial charge is 0.278 e. The monoisotopic (exact) mass is 619 g/mol. The summed E-state index contributed by atoms with van der Waals surface area (Å²) in [6.07, 6.45) is 1.89. The minimum atomic E-state index is -0.0646. The van der Waals surface area contributed by atoms with Gasteiger partial charge in [-0.1, -0.05) is 111 Å². The van der Waals surface area contributed by atoms with Gasteiger partial charge in [-0.25, -0.2) is 9.97 Å². The molecule has 1 aliphatic carbocycles. The van der Waals surface area contributed by atoms with E-state index in [0.717, 1.165) is 22.3 Å². The van der Waals surface area contributed by atoms with E-state index < -0.39 is 0 Å². The zero-order valence-corrected chi connectivity index (χ0v) is 26.8. The number of hydrogen-bond acceptors (Lipinski definition) is 3. The van der Waals surface area contributed by atoms with Crippen LogP contribution in [-0.4, -0.2) is 14.5 Å². The molecule has 3 heterocycles. The number of para-hydroxylation sites is 1. The van der Waals surface area contributed by atoms with Crippen LogP contribution in [0.1, 0.15) is 25.0 Å². The maximum Gasteiger partial charge on any atom is 0.235 e. The van der Waals surface area contributed by atoms with Crippen LogP contribution in [0, 0.1) is 0 Å². The maximum absolute atomic E-state index is 5.24. The first-order valence-electron chi connectivity index (χ1n) is 16.1. The highest BCUT2D eigenvalue weighted by Crippen LogP contribution is 2.51. The number of rotatable bonds is 3. The fourth-order valence-electron chi connectivity index (χ4n) is 7.82. The molecule has 47 heavy (non-hydrogen) atoms. The Morgan fingerprint density at radius 1 is 0.553 bits per heavy atom. The van der Waals surface area contributed by atoms with Gasteiger partial charge >= 0.3 is 0 Å². The van der Waals surface area contributed by atoms with E-state index in [-0.39, 0.29) is 5.41 Å². The Bertz CT molecular complexity index is 2730. The van der Waals surface area contributed by atoms with Crippen molar-refractivity contribution in [2.75, 3.05) is 0 Å². The molecule has 0 fully saturated rings. The first kappa shape index (κ1) is 26.6. The van der Waals surface area contributed by atoms with Gasteiger partial charge in [0.25, 0.3) is 0 Å². The average molecular weight is 620 g/mol. The van der Waals surface area contributed by atoms with Crippen LogP contribution in [-0.2, 0) is 5.41 Å². The summed E-state index contributed by atoms with van der Waals surface area (Å²) in [5.41, 5.74) is 11.9. The second-order valence-corrected chi connectivity index (χ2v) is 14.1. The number of hydrogen-bond donors (Lipinski definition) is 0. The molecular weight excluding hydrogens is 591 g/mol. The minimum Gasteiger partial charge on any atom is -0.278 e. The molecule has 0 spiro atoms. The normalized spacial score (nSPS) is 13.5. The lowest BCUT2D eigenvalue weighted by atomic mass is 9.82. The van der Waals surface area contributed by atoms with Crippen molar-refractivity contribution < 1.29 is 0 Å². The third-order valence-corrected chi connectivity index (χ3v) is 11.3. The first-order chi connectivity index (χ1) is 23.1. The maximum atomic E-state index is 5.24. The minimum absolute atomic E-state index is 0.0646. The first-order valence-corrected chi connectivity index (χ1v) is 16.9. The SMILES string of the molecule is CC1(C)c2ccccc2-c2cc3c(cc21)c1ccccc1n3-c1nccc(-c2cccc(-c3cccc4c3sc3ccccc34)c2)n1. The number of thiophene rings is 1. The Balaban J connectivity index is 1.15. The lowest BCUT2D eigenvalue weighted by molar-refractivity contribution is 0.661. The summed E-state index contributed by atoms with van der Waals surface area (Å²) in [4.78, 5) is 10.1. The fourth-order valence-corrected chi connectivity index (χ4v) is 9.05. The molecule has 0 bridgehead atoms. The third kappa shape index (κ3) is 3.79. The predicted molar refractivity (Wildman–Crippen MR) is 198 cm³/mol. The van der Waals surface area contributed by atoms with Crippen molar-refractivity contribution in [3.05, 3.63) is 151 Å². The summed E-state index contributed by atoms with van der Waals surface area (Å²) in [6.45, 7) is 4.68. The Morgan fingerprint density at radius 3 is 2.23 bits per heavy atom. The van der Waals surface area contributed by atoms with E-state index in [1.165, 1.54) is 64.3 Å². The zero-order valence-electron chi connectivity index (χ0n) is 26.0. The number of benzene rings is 6. The lowest BCUT2D eigenvalue weighted by Gasteiger charge is -2.21. The Kier molecular flexibility index (Phi) is 5.50. The smallest absolute Gasteiger partial charge is 0.235 e. The van der Waals surface area contributed by atoms with Crippen LogP contribution in [0.3, 0.4) is 0 Å². The molecule has 0 saturated heterocycles. The molecule has 6 aromatic carbocycles. The summed E-state index contributed by atoms with van der Waals surface area (Å²) >= 11 is 1.86. The quantitative estimate of drug-likeness (QED) is 0.197. The van der Waals surface area contributed by atoms with Gasteiger partial charge in [0.15, 0.2) is 0 Å². The zero-order chi connectivity index (χ0) is 31.3. The lowest BCUT2D eigenvalue weighted by Crippen LogP contribution is -2.14. The third-order valence-electron chi connectivity index (χ3n) is 10.1. The molecule has 4 heteroatoms. The molecule has 3 nitrogen and oxygen atoms in total. The second-order valence-electron chi connectivity index (χ2n) is 13.0. The van der Waals surface area contributed by atoms with Gasteiger partial charge in [0, 0.05) is 48.1 Å². The van der Waals surface area contributed by atoms with E-state index in [0.29, 0.717) is 5.95 Å². The molecule has 9 aromatic rings. The fraction of sp³-hybridized carbons (Fsp3) is 0.0698. The van der Waals surface area contributed by atoms with E-state index in [9.17, 15) is 0 Å². The summed E-state index contributed by atoms with van der Waals surface area (Å²) in [7, 11) is 0. The summed E-state index contributed by atoms with van der Waals surface area (Å²) < 4.78 is 4.87. The van der Waals surface area contributed by atoms with Gasteiger partial charge < -0.3 is 0 Å². The number of fused-ring (bicyclic) bond motifs is 9. The van der Waals surface area contributed by atoms with Crippen LogP contribution in [0.4, 0.5) is 0 Å². The highest BCUT2D eigenvalue weighted by molar-refractivity contribution is 7.26. The Morgan fingerprint density at radius 2 is 1.30 bits per heavy atom. The van der Waals surface area contributed by atoms with Crippen LogP contribution in [0.2, 0.25) is 0 Å². The van der Waals surface area contributed by atoms with Crippen molar-refractivity contribution in [2.24, 2.45) is 0 Å². The van der Waals surface area contributed by atoms with Crippen molar-refractivity contribution in [2.45, 2.75) is 19.3 Å². The van der Waals surface area contributed by atoms with Gasteiger partial charge in [-0.2, -0.15) is 0 Å². The molecule has 0 saturated carbocycles. The molecule has 0 amide bonds. The molecule has 0 unspecified atom stereocenters. The van der Waals surface area contributed by atoms with E-state index in [4.69, 9.17) is 9.97 Å². The van der Waals surface area contributed by atoms with Crippen LogP contribution in [0.25, 0.3) is 81.4 Å². The molecular formula is C43H29N3S. The van der Waals surface area contributed by atoms with Gasteiger partial charge in [0.1, 0.15) is 0 Å².